The second kappa shape index (κ2) is 9.71. The fraction of sp³-hybridized carbons (Fsp3) is 0.368. The van der Waals surface area contributed by atoms with E-state index in [0.29, 0.717) is 15.9 Å². The third-order valence-electron chi connectivity index (χ3n) is 4.17. The number of aromatic nitrogens is 1. The van der Waals surface area contributed by atoms with Crippen molar-refractivity contribution in [2.45, 2.75) is 13.0 Å². The molecule has 0 bridgehead atoms. The number of nitrogens with one attached hydrogen (secondary N) is 2. The highest BCUT2D eigenvalue weighted by molar-refractivity contribution is 7.80. The maximum Gasteiger partial charge on any atom is 0.174 e. The third-order valence-corrected chi connectivity index (χ3v) is 4.80. The molecule has 0 radical (unpaired) electrons. The average molecular weight is 394 g/mol. The highest BCUT2D eigenvalue weighted by Gasteiger charge is 2.20. The van der Waals surface area contributed by atoms with Gasteiger partial charge in [-0.15, -0.1) is 0 Å². The number of benzene rings is 1. The normalized spacial score (nSPS) is 11.9. The summed E-state index contributed by atoms with van der Waals surface area (Å²) in [5, 5.41) is 4.51. The number of likely N-dealkylation sites (N-methyl/N-ethyl adjacent to an activating group) is 1. The lowest BCUT2D eigenvalue weighted by molar-refractivity contribution is -0.857. The summed E-state index contributed by atoms with van der Waals surface area (Å²) in [5.41, 5.74) is 2.01. The predicted molar refractivity (Wildman–Crippen MR) is 111 cm³/mol. The molecule has 0 aliphatic carbocycles. The van der Waals surface area contributed by atoms with E-state index in [0.717, 1.165) is 18.8 Å². The largest absolute Gasteiger partial charge is 0.495 e. The molecule has 0 amide bonds. The molecule has 0 aliphatic rings. The van der Waals surface area contributed by atoms with Crippen LogP contribution in [0.15, 0.2) is 42.7 Å². The van der Waals surface area contributed by atoms with E-state index in [4.69, 9.17) is 28.6 Å². The molecule has 1 aromatic heterocycles. The zero-order chi connectivity index (χ0) is 19.1. The number of rotatable bonds is 7. The van der Waals surface area contributed by atoms with E-state index in [1.54, 1.807) is 19.5 Å². The first-order valence-corrected chi connectivity index (χ1v) is 9.31. The van der Waals surface area contributed by atoms with Gasteiger partial charge in [-0.25, -0.2) is 0 Å². The van der Waals surface area contributed by atoms with Crippen LogP contribution in [0.5, 0.6) is 5.75 Å². The summed E-state index contributed by atoms with van der Waals surface area (Å²) in [6, 6.07) is 9.72. The lowest BCUT2D eigenvalue weighted by Gasteiger charge is -2.32. The topological polar surface area (TPSA) is 41.8 Å². The lowest BCUT2D eigenvalue weighted by atomic mass is 10.1. The summed E-state index contributed by atoms with van der Waals surface area (Å²) in [4.78, 5) is 7.66. The minimum Gasteiger partial charge on any atom is -0.495 e. The Bertz CT molecular complexity index is 727. The minimum absolute atomic E-state index is 0.131. The molecule has 7 heteroatoms. The second-order valence-electron chi connectivity index (χ2n) is 6.39. The van der Waals surface area contributed by atoms with Crippen LogP contribution in [-0.4, -0.2) is 49.3 Å². The Morgan fingerprint density at radius 3 is 2.58 bits per heavy atom. The molecule has 0 saturated heterocycles. The molecular formula is C19H26ClN4OS+. The van der Waals surface area contributed by atoms with Crippen LogP contribution in [0.4, 0.5) is 5.69 Å². The first kappa shape index (κ1) is 20.4. The summed E-state index contributed by atoms with van der Waals surface area (Å²) in [5.74, 6) is 0.640. The SMILES string of the molecule is COc1ccc(NC(=S)N(CC[NH+](C)C)C(C)c2ccncc2)cc1Cl. The van der Waals surface area contributed by atoms with Crippen molar-refractivity contribution in [2.24, 2.45) is 0 Å². The highest BCUT2D eigenvalue weighted by atomic mass is 35.5. The molecule has 1 heterocycles. The number of anilines is 1. The molecule has 2 rings (SSSR count). The number of nitrogens with zero attached hydrogens (tertiary/aromatic N) is 2. The van der Waals surface area contributed by atoms with Crippen molar-refractivity contribution in [1.82, 2.24) is 9.88 Å². The van der Waals surface area contributed by atoms with Gasteiger partial charge in [-0.3, -0.25) is 4.98 Å². The third kappa shape index (κ3) is 5.56. The summed E-state index contributed by atoms with van der Waals surface area (Å²) in [7, 11) is 5.87. The molecule has 0 fully saturated rings. The number of thiocarbonyl (C=S) groups is 1. The quantitative estimate of drug-likeness (QED) is 0.708. The van der Waals surface area contributed by atoms with Gasteiger partial charge in [-0.2, -0.15) is 0 Å². The average Bonchev–Trinajstić information content (AvgIpc) is 2.62. The standard InChI is InChI=1S/C19H25ClN4OS/c1-14(15-7-9-21-10-8-15)24(12-11-23(2)3)19(26)22-16-5-6-18(25-4)17(20)13-16/h5-10,13-14H,11-12H2,1-4H3,(H,22,26)/p+1. The molecule has 2 aromatic rings. The molecule has 1 unspecified atom stereocenters. The Hall–Kier alpha value is -1.89. The smallest absolute Gasteiger partial charge is 0.174 e. The van der Waals surface area contributed by atoms with Crippen LogP contribution in [-0.2, 0) is 0 Å². The fourth-order valence-electron chi connectivity index (χ4n) is 2.58. The number of methoxy groups -OCH3 is 1. The molecule has 5 nitrogen and oxygen atoms in total. The van der Waals surface area contributed by atoms with Gasteiger partial charge in [0.15, 0.2) is 5.11 Å². The van der Waals surface area contributed by atoms with Crippen LogP contribution in [0.3, 0.4) is 0 Å². The van der Waals surface area contributed by atoms with E-state index in [1.165, 1.54) is 10.5 Å². The minimum atomic E-state index is 0.131. The van der Waals surface area contributed by atoms with Gasteiger partial charge in [0.2, 0.25) is 0 Å². The maximum absolute atomic E-state index is 6.22. The highest BCUT2D eigenvalue weighted by Crippen LogP contribution is 2.28. The summed E-state index contributed by atoms with van der Waals surface area (Å²) in [6.07, 6.45) is 3.61. The fourth-order valence-corrected chi connectivity index (χ4v) is 3.20. The van der Waals surface area contributed by atoms with Crippen molar-refractivity contribution < 1.29 is 9.64 Å². The second-order valence-corrected chi connectivity index (χ2v) is 7.18. The van der Waals surface area contributed by atoms with Gasteiger partial charge in [-0.1, -0.05) is 11.6 Å². The van der Waals surface area contributed by atoms with Gasteiger partial charge < -0.3 is 19.9 Å². The first-order valence-electron chi connectivity index (χ1n) is 8.52. The van der Waals surface area contributed by atoms with E-state index >= 15 is 0 Å². The van der Waals surface area contributed by atoms with Crippen molar-refractivity contribution in [2.75, 3.05) is 39.6 Å². The van der Waals surface area contributed by atoms with Crippen LogP contribution in [0, 0.1) is 0 Å². The Balaban J connectivity index is 2.18. The van der Waals surface area contributed by atoms with Crippen molar-refractivity contribution in [1.29, 1.82) is 0 Å². The van der Waals surface area contributed by atoms with Gasteiger partial charge in [0.25, 0.3) is 0 Å². The summed E-state index contributed by atoms with van der Waals surface area (Å²) >= 11 is 11.9. The van der Waals surface area contributed by atoms with E-state index in [9.17, 15) is 0 Å². The molecule has 0 saturated carbocycles. The number of hydrogen-bond acceptors (Lipinski definition) is 3. The van der Waals surface area contributed by atoms with Crippen LogP contribution in [0.2, 0.25) is 5.02 Å². The van der Waals surface area contributed by atoms with Crippen LogP contribution in [0.1, 0.15) is 18.5 Å². The van der Waals surface area contributed by atoms with E-state index < -0.39 is 0 Å². The molecule has 140 valence electrons. The van der Waals surface area contributed by atoms with E-state index in [2.05, 4.69) is 36.2 Å². The van der Waals surface area contributed by atoms with Gasteiger partial charge in [0.1, 0.15) is 5.75 Å². The Morgan fingerprint density at radius 2 is 2.00 bits per heavy atom. The van der Waals surface area contributed by atoms with Gasteiger partial charge in [-0.05, 0) is 55.0 Å². The number of pyridine rings is 1. The maximum atomic E-state index is 6.22. The zero-order valence-corrected chi connectivity index (χ0v) is 17.2. The summed E-state index contributed by atoms with van der Waals surface area (Å²) in [6.45, 7) is 3.96. The number of ether oxygens (including phenoxy) is 1. The Kier molecular flexibility index (Phi) is 7.63. The number of quaternary nitrogens is 1. The van der Waals surface area contributed by atoms with Crippen LogP contribution in [0.25, 0.3) is 0 Å². The first-order chi connectivity index (χ1) is 12.4. The van der Waals surface area contributed by atoms with Gasteiger partial charge in [0.05, 0.1) is 45.4 Å². The molecular weight excluding hydrogens is 368 g/mol. The molecule has 1 aromatic carbocycles. The molecule has 0 spiro atoms. The Labute approximate surface area is 165 Å². The predicted octanol–water partition coefficient (Wildman–Crippen LogP) is 2.65. The summed E-state index contributed by atoms with van der Waals surface area (Å²) < 4.78 is 5.20. The van der Waals surface area contributed by atoms with Crippen LogP contribution >= 0.6 is 23.8 Å². The van der Waals surface area contributed by atoms with Crippen molar-refractivity contribution in [3.8, 4) is 5.75 Å². The number of halogens is 1. The molecule has 26 heavy (non-hydrogen) atoms. The lowest BCUT2D eigenvalue weighted by Crippen LogP contribution is -3.06. The van der Waals surface area contributed by atoms with Gasteiger partial charge in [0, 0.05) is 18.1 Å². The van der Waals surface area contributed by atoms with Crippen molar-refractivity contribution >= 4 is 34.6 Å². The molecule has 1 atom stereocenters. The van der Waals surface area contributed by atoms with Crippen LogP contribution < -0.4 is 15.0 Å². The van der Waals surface area contributed by atoms with E-state index in [1.807, 2.05) is 30.3 Å². The zero-order valence-electron chi connectivity index (χ0n) is 15.6. The molecule has 0 aliphatic heterocycles. The van der Waals surface area contributed by atoms with E-state index in [-0.39, 0.29) is 6.04 Å². The van der Waals surface area contributed by atoms with Crippen molar-refractivity contribution in [3.63, 3.8) is 0 Å². The number of hydrogen-bond donors (Lipinski definition) is 2. The Morgan fingerprint density at radius 1 is 1.31 bits per heavy atom. The molecule has 2 N–H and O–H groups in total. The monoisotopic (exact) mass is 393 g/mol. The van der Waals surface area contributed by atoms with Gasteiger partial charge >= 0.3 is 0 Å². The van der Waals surface area contributed by atoms with Crippen molar-refractivity contribution in [3.05, 3.63) is 53.3 Å².